The van der Waals surface area contributed by atoms with Crippen LogP contribution < -0.4 is 8.58 Å². The second kappa shape index (κ2) is 2.77. The fourth-order valence-electron chi connectivity index (χ4n) is 1.01. The van der Waals surface area contributed by atoms with Gasteiger partial charge in [0.05, 0.1) is 0 Å². The Morgan fingerprint density at radius 1 is 1.15 bits per heavy atom. The third-order valence-electron chi connectivity index (χ3n) is 2.16. The molecule has 0 aromatic carbocycles. The molecular formula is C6H13N2O4Pt. The van der Waals surface area contributed by atoms with Gasteiger partial charge in [0.25, 0.3) is 0 Å². The van der Waals surface area contributed by atoms with Crippen LogP contribution in [0.1, 0.15) is 19.3 Å². The molecule has 13 heavy (non-hydrogen) atoms. The number of rotatable bonds is 3. The van der Waals surface area contributed by atoms with E-state index in [9.17, 15) is 9.59 Å². The molecule has 6 N–H and O–H groups in total. The maximum atomic E-state index is 10.9. The Morgan fingerprint density at radius 2 is 1.54 bits per heavy atom. The molecule has 0 saturated heterocycles. The Kier molecular flexibility index (Phi) is 2.26. The molecule has 0 aromatic rings. The van der Waals surface area contributed by atoms with Crippen molar-refractivity contribution in [3.63, 3.8) is 0 Å². The number of hydrogen-bond acceptors (Lipinski definition) is 4. The summed E-state index contributed by atoms with van der Waals surface area (Å²) in [5, 5.41) is 17.7. The van der Waals surface area contributed by atoms with Crippen LogP contribution in [0.15, 0.2) is 0 Å². The van der Waals surface area contributed by atoms with Gasteiger partial charge in [-0.05, 0) is 0 Å². The standard InChI is InChI=1S/C4H7.2CHO2.2H2N.Pt/c1-2-4-3-1;2*2-1-3;;;/h1H,2-4H2;2*(H,2,3);2*1H2;/q;;;2*-1;+2. The van der Waals surface area contributed by atoms with Crippen LogP contribution in [0.4, 0.5) is 9.59 Å². The van der Waals surface area contributed by atoms with Crippen molar-refractivity contribution < 1.29 is 35.1 Å². The molecule has 0 aromatic heterocycles. The summed E-state index contributed by atoms with van der Waals surface area (Å²) in [6.45, 7) is 0. The van der Waals surface area contributed by atoms with Crippen LogP contribution in [0, 0.1) is 0 Å². The molecule has 1 saturated carbocycles. The van der Waals surface area contributed by atoms with E-state index in [0.717, 1.165) is 6.42 Å². The van der Waals surface area contributed by atoms with Gasteiger partial charge in [0, 0.05) is 0 Å². The van der Waals surface area contributed by atoms with Crippen molar-refractivity contribution in [3.8, 4) is 0 Å². The third-order valence-corrected chi connectivity index (χ3v) is 11.8. The van der Waals surface area contributed by atoms with Gasteiger partial charge >= 0.3 is 76.0 Å². The summed E-state index contributed by atoms with van der Waals surface area (Å²) in [5.41, 5.74) is 0. The van der Waals surface area contributed by atoms with Gasteiger partial charge in [0.2, 0.25) is 0 Å². The van der Waals surface area contributed by atoms with E-state index in [4.69, 9.17) is 18.8 Å². The predicted molar refractivity (Wildman–Crippen MR) is 42.0 cm³/mol. The van der Waals surface area contributed by atoms with E-state index in [0.29, 0.717) is 12.8 Å². The molecule has 7 heteroatoms. The predicted octanol–water partition coefficient (Wildman–Crippen LogP) is 0.752. The Labute approximate surface area is 76.3 Å². The molecular weight excluding hydrogens is 359 g/mol. The average molecular weight is 372 g/mol. The molecule has 1 rings (SSSR count). The summed E-state index contributed by atoms with van der Waals surface area (Å²) >= 11 is -5.22. The van der Waals surface area contributed by atoms with Crippen LogP contribution in [-0.4, -0.2) is 18.9 Å². The van der Waals surface area contributed by atoms with Gasteiger partial charge in [-0.25, -0.2) is 0 Å². The van der Waals surface area contributed by atoms with Crippen molar-refractivity contribution in [1.82, 2.24) is 0 Å². The Morgan fingerprint density at radius 3 is 1.62 bits per heavy atom. The van der Waals surface area contributed by atoms with E-state index in [1.807, 2.05) is 0 Å². The van der Waals surface area contributed by atoms with Gasteiger partial charge in [0.15, 0.2) is 0 Å². The monoisotopic (exact) mass is 372 g/mol. The van der Waals surface area contributed by atoms with Gasteiger partial charge in [-0.2, -0.15) is 0 Å². The van der Waals surface area contributed by atoms with Crippen molar-refractivity contribution in [3.05, 3.63) is 0 Å². The quantitative estimate of drug-likeness (QED) is 0.579. The van der Waals surface area contributed by atoms with Gasteiger partial charge < -0.3 is 0 Å². The van der Waals surface area contributed by atoms with E-state index < -0.39 is 28.3 Å². The van der Waals surface area contributed by atoms with Gasteiger partial charge in [-0.3, -0.25) is 0 Å². The Hall–Kier alpha value is -0.452. The first kappa shape index (κ1) is 10.6. The summed E-state index contributed by atoms with van der Waals surface area (Å²) in [6, 6.07) is 0. The normalized spacial score (nSPS) is 21.2. The number of carboxylic acid groups (broad SMARTS) is 2. The first-order valence-electron chi connectivity index (χ1n) is 3.54. The van der Waals surface area contributed by atoms with Crippen molar-refractivity contribution in [2.24, 2.45) is 8.58 Å². The molecule has 0 atom stereocenters. The fraction of sp³-hybridized carbons (Fsp3) is 0.667. The minimum atomic E-state index is -5.22. The van der Waals surface area contributed by atoms with Crippen molar-refractivity contribution in [2.75, 3.05) is 0 Å². The first-order valence-corrected chi connectivity index (χ1v) is 9.74. The SMILES string of the molecule is [NH2][Pt]([NH2])([C](=O)O)([C](=O)O)[CH]1CCC1. The molecule has 81 valence electrons. The molecule has 0 heterocycles. The molecule has 0 radical (unpaired) electrons. The molecule has 1 aliphatic rings. The molecule has 0 unspecified atom stereocenters. The van der Waals surface area contributed by atoms with Crippen molar-refractivity contribution >= 4 is 8.72 Å². The van der Waals surface area contributed by atoms with Gasteiger partial charge in [-0.15, -0.1) is 0 Å². The average Bonchev–Trinajstić information content (AvgIpc) is 1.81. The minimum absolute atomic E-state index is 0.499. The summed E-state index contributed by atoms with van der Waals surface area (Å²) in [6.07, 6.45) is 1.87. The molecule has 0 spiro atoms. The molecule has 0 bridgehead atoms. The summed E-state index contributed by atoms with van der Waals surface area (Å²) < 4.78 is 7.50. The zero-order valence-corrected chi connectivity index (χ0v) is 9.15. The second-order valence-electron chi connectivity index (χ2n) is 2.87. The van der Waals surface area contributed by atoms with Crippen LogP contribution in [0.25, 0.3) is 0 Å². The first-order chi connectivity index (χ1) is 5.79. The van der Waals surface area contributed by atoms with E-state index in [2.05, 4.69) is 0 Å². The number of carbonyl (C=O) groups is 2. The molecule has 6 nitrogen and oxygen atoms in total. The Balaban J connectivity index is 3.12. The number of nitrogens with two attached hydrogens (primary N) is 2. The topological polar surface area (TPSA) is 127 Å². The van der Waals surface area contributed by atoms with Crippen LogP contribution >= 0.6 is 0 Å². The second-order valence-corrected chi connectivity index (χ2v) is 13.4. The van der Waals surface area contributed by atoms with E-state index in [-0.39, 0.29) is 0 Å². The molecule has 1 aliphatic carbocycles. The van der Waals surface area contributed by atoms with Gasteiger partial charge in [-0.1, -0.05) is 0 Å². The third kappa shape index (κ3) is 1.21. The van der Waals surface area contributed by atoms with Crippen molar-refractivity contribution in [2.45, 2.75) is 23.6 Å². The van der Waals surface area contributed by atoms with Crippen LogP contribution in [0.5, 0.6) is 0 Å². The maximum absolute atomic E-state index is 10.9. The van der Waals surface area contributed by atoms with E-state index in [1.54, 1.807) is 0 Å². The van der Waals surface area contributed by atoms with E-state index in [1.165, 1.54) is 0 Å². The fourth-order valence-corrected chi connectivity index (χ4v) is 6.76. The summed E-state index contributed by atoms with van der Waals surface area (Å²) in [4.78, 5) is 21.7. The van der Waals surface area contributed by atoms with Gasteiger partial charge in [0.1, 0.15) is 0 Å². The zero-order chi connectivity index (χ0) is 10.3. The zero-order valence-electron chi connectivity index (χ0n) is 6.88. The van der Waals surface area contributed by atoms with Crippen LogP contribution in [-0.2, 0) is 15.3 Å². The van der Waals surface area contributed by atoms with E-state index >= 15 is 0 Å². The molecule has 1 fully saturated rings. The number of hydrogen-bond donors (Lipinski definition) is 4. The molecule has 0 amide bonds. The van der Waals surface area contributed by atoms with Crippen LogP contribution in [0.2, 0.25) is 4.31 Å². The summed E-state index contributed by atoms with van der Waals surface area (Å²) in [5.74, 6) is 0. The Bertz CT molecular complexity index is 256. The molecule has 0 aliphatic heterocycles. The summed E-state index contributed by atoms with van der Waals surface area (Å²) in [7, 11) is 0. The van der Waals surface area contributed by atoms with Crippen molar-refractivity contribution in [1.29, 1.82) is 0 Å². The van der Waals surface area contributed by atoms with Crippen LogP contribution in [0.3, 0.4) is 0 Å².